The Morgan fingerprint density at radius 1 is 1.03 bits per heavy atom. The van der Waals surface area contributed by atoms with E-state index in [0.717, 1.165) is 30.2 Å². The van der Waals surface area contributed by atoms with Crippen LogP contribution in [0.3, 0.4) is 0 Å². The topological polar surface area (TPSA) is 77.5 Å². The average Bonchev–Trinajstić information content (AvgIpc) is 3.39. The lowest BCUT2D eigenvalue weighted by Gasteiger charge is -2.28. The number of hydrogen-bond donors (Lipinski definition) is 1. The Balaban J connectivity index is 1.32. The van der Waals surface area contributed by atoms with Crippen molar-refractivity contribution < 1.29 is 28.8 Å². The summed E-state index contributed by atoms with van der Waals surface area (Å²) < 4.78 is 22.2. The van der Waals surface area contributed by atoms with Crippen LogP contribution in [-0.2, 0) is 4.79 Å². The second-order valence-electron chi connectivity index (χ2n) is 8.99. The summed E-state index contributed by atoms with van der Waals surface area (Å²) >= 11 is 0. The van der Waals surface area contributed by atoms with Gasteiger partial charge in [0, 0.05) is 25.3 Å². The molecule has 0 unspecified atom stereocenters. The fourth-order valence-electron chi connectivity index (χ4n) is 4.61. The first-order chi connectivity index (χ1) is 16.6. The van der Waals surface area contributed by atoms with E-state index < -0.39 is 6.10 Å². The molecule has 2 atom stereocenters. The number of likely N-dealkylation sites (tertiary alicyclic amines) is 1. The van der Waals surface area contributed by atoms with Crippen molar-refractivity contribution in [3.8, 4) is 23.0 Å². The maximum absolute atomic E-state index is 12.8. The van der Waals surface area contributed by atoms with Crippen molar-refractivity contribution >= 4 is 5.78 Å². The number of hydrogen-bond acceptors (Lipinski definition) is 7. The third kappa shape index (κ3) is 6.64. The number of ketones is 1. The molecule has 1 saturated heterocycles. The molecular formula is C27H35NO6. The number of aliphatic hydroxyl groups excluding tert-OH is 1. The Labute approximate surface area is 201 Å². The number of fused-ring (bicyclic) bond motifs is 1. The van der Waals surface area contributed by atoms with Crippen molar-refractivity contribution in [2.45, 2.75) is 38.2 Å². The number of carbonyl (C=O) groups excluding carboxylic acids is 1. The minimum atomic E-state index is -0.740. The van der Waals surface area contributed by atoms with Gasteiger partial charge in [0.2, 0.25) is 0 Å². The molecular weight excluding hydrogens is 434 g/mol. The second-order valence-corrected chi connectivity index (χ2v) is 8.99. The zero-order valence-electron chi connectivity index (χ0n) is 19.9. The minimum Gasteiger partial charge on any atom is -0.497 e. The predicted octanol–water partition coefficient (Wildman–Crippen LogP) is 4.03. The Hall–Kier alpha value is -2.77. The summed E-state index contributed by atoms with van der Waals surface area (Å²) in [5.41, 5.74) is 0.768. The van der Waals surface area contributed by atoms with Gasteiger partial charge in [-0.05, 0) is 74.3 Å². The molecule has 184 valence electrons. The molecule has 1 N–H and O–H groups in total. The first-order valence-corrected chi connectivity index (χ1v) is 12.2. The van der Waals surface area contributed by atoms with Crippen LogP contribution in [-0.4, -0.2) is 62.4 Å². The van der Waals surface area contributed by atoms with Gasteiger partial charge in [0.25, 0.3) is 0 Å². The summed E-state index contributed by atoms with van der Waals surface area (Å²) in [5, 5.41) is 11.2. The summed E-state index contributed by atoms with van der Waals surface area (Å²) in [5.74, 6) is 2.88. The summed E-state index contributed by atoms with van der Waals surface area (Å²) in [7, 11) is 1.63. The van der Waals surface area contributed by atoms with Crippen molar-refractivity contribution in [2.24, 2.45) is 5.92 Å². The van der Waals surface area contributed by atoms with E-state index in [-0.39, 0.29) is 11.7 Å². The lowest BCUT2D eigenvalue weighted by molar-refractivity contribution is -0.121. The normalized spacial score (nSPS) is 17.2. The lowest BCUT2D eigenvalue weighted by Crippen LogP contribution is -2.32. The quantitative estimate of drug-likeness (QED) is 0.470. The summed E-state index contributed by atoms with van der Waals surface area (Å²) in [6, 6.07) is 13.0. The van der Waals surface area contributed by atoms with Crippen LogP contribution >= 0.6 is 0 Å². The number of rotatable bonds is 12. The molecule has 7 heteroatoms. The first kappa shape index (κ1) is 24.4. The van der Waals surface area contributed by atoms with Crippen LogP contribution in [0.25, 0.3) is 0 Å². The van der Waals surface area contributed by atoms with Crippen LogP contribution in [0, 0.1) is 5.92 Å². The SMILES string of the molecule is COc1ccc(OCCCC(=O)C[C@H](CN2CCCC2)[C@H](O)c2ccc3c(c2)OCCO3)cc1. The highest BCUT2D eigenvalue weighted by molar-refractivity contribution is 5.78. The molecule has 0 saturated carbocycles. The van der Waals surface area contributed by atoms with Gasteiger partial charge in [0.1, 0.15) is 30.5 Å². The van der Waals surface area contributed by atoms with Crippen molar-refractivity contribution in [1.82, 2.24) is 4.90 Å². The van der Waals surface area contributed by atoms with Gasteiger partial charge in [-0.2, -0.15) is 0 Å². The number of benzene rings is 2. The van der Waals surface area contributed by atoms with E-state index in [2.05, 4.69) is 4.90 Å². The fraction of sp³-hybridized carbons (Fsp3) is 0.519. The van der Waals surface area contributed by atoms with Gasteiger partial charge in [-0.25, -0.2) is 0 Å². The number of ether oxygens (including phenoxy) is 4. The Morgan fingerprint density at radius 2 is 1.74 bits per heavy atom. The third-order valence-corrected chi connectivity index (χ3v) is 6.46. The number of nitrogens with zero attached hydrogens (tertiary/aromatic N) is 1. The number of methoxy groups -OCH3 is 1. The first-order valence-electron chi connectivity index (χ1n) is 12.2. The molecule has 2 heterocycles. The van der Waals surface area contributed by atoms with Crippen LogP contribution in [0.15, 0.2) is 42.5 Å². The molecule has 2 aromatic carbocycles. The molecule has 0 aliphatic carbocycles. The Morgan fingerprint density at radius 3 is 2.47 bits per heavy atom. The molecule has 4 rings (SSSR count). The van der Waals surface area contributed by atoms with Crippen molar-refractivity contribution in [3.05, 3.63) is 48.0 Å². The van der Waals surface area contributed by atoms with E-state index in [0.29, 0.717) is 57.1 Å². The minimum absolute atomic E-state index is 0.152. The van der Waals surface area contributed by atoms with E-state index in [1.54, 1.807) is 7.11 Å². The molecule has 7 nitrogen and oxygen atoms in total. The van der Waals surface area contributed by atoms with Gasteiger partial charge in [0.15, 0.2) is 11.5 Å². The smallest absolute Gasteiger partial charge is 0.161 e. The van der Waals surface area contributed by atoms with E-state index in [9.17, 15) is 9.90 Å². The molecule has 34 heavy (non-hydrogen) atoms. The van der Waals surface area contributed by atoms with E-state index in [4.69, 9.17) is 18.9 Å². The predicted molar refractivity (Wildman–Crippen MR) is 129 cm³/mol. The van der Waals surface area contributed by atoms with Crippen LogP contribution in [0.5, 0.6) is 23.0 Å². The highest BCUT2D eigenvalue weighted by Crippen LogP contribution is 2.36. The van der Waals surface area contributed by atoms with Crippen LogP contribution in [0.2, 0.25) is 0 Å². The van der Waals surface area contributed by atoms with Gasteiger partial charge in [-0.3, -0.25) is 4.79 Å². The monoisotopic (exact) mass is 469 g/mol. The van der Waals surface area contributed by atoms with Crippen molar-refractivity contribution in [2.75, 3.05) is 46.6 Å². The summed E-state index contributed by atoms with van der Waals surface area (Å²) in [6.45, 7) is 4.26. The maximum atomic E-state index is 12.8. The van der Waals surface area contributed by atoms with Gasteiger partial charge in [0.05, 0.1) is 19.8 Å². The summed E-state index contributed by atoms with van der Waals surface area (Å²) in [4.78, 5) is 15.2. The van der Waals surface area contributed by atoms with Crippen LogP contribution in [0.4, 0.5) is 0 Å². The van der Waals surface area contributed by atoms with Crippen LogP contribution < -0.4 is 18.9 Å². The lowest BCUT2D eigenvalue weighted by atomic mass is 9.89. The third-order valence-electron chi connectivity index (χ3n) is 6.46. The summed E-state index contributed by atoms with van der Waals surface area (Å²) in [6.07, 6.45) is 3.01. The fourth-order valence-corrected chi connectivity index (χ4v) is 4.61. The number of aliphatic hydroxyl groups is 1. The molecule has 0 spiro atoms. The van der Waals surface area contributed by atoms with Crippen molar-refractivity contribution in [3.63, 3.8) is 0 Å². The van der Waals surface area contributed by atoms with Gasteiger partial charge < -0.3 is 29.0 Å². The molecule has 2 aliphatic rings. The molecule has 1 fully saturated rings. The Kier molecular flexibility index (Phi) is 8.66. The molecule has 0 bridgehead atoms. The molecule has 0 radical (unpaired) electrons. The zero-order chi connectivity index (χ0) is 23.8. The average molecular weight is 470 g/mol. The van der Waals surface area contributed by atoms with Gasteiger partial charge in [-0.15, -0.1) is 0 Å². The number of carbonyl (C=O) groups is 1. The second kappa shape index (κ2) is 12.1. The van der Waals surface area contributed by atoms with Crippen molar-refractivity contribution in [1.29, 1.82) is 0 Å². The Bertz CT molecular complexity index is 925. The maximum Gasteiger partial charge on any atom is 0.161 e. The van der Waals surface area contributed by atoms with E-state index in [1.807, 2.05) is 42.5 Å². The highest BCUT2D eigenvalue weighted by Gasteiger charge is 2.28. The van der Waals surface area contributed by atoms with Crippen LogP contribution in [0.1, 0.15) is 43.8 Å². The molecule has 2 aromatic rings. The molecule has 2 aliphatic heterocycles. The van der Waals surface area contributed by atoms with Gasteiger partial charge >= 0.3 is 0 Å². The van der Waals surface area contributed by atoms with Gasteiger partial charge in [-0.1, -0.05) is 6.07 Å². The molecule has 0 aromatic heterocycles. The standard InChI is InChI=1S/C27H35NO6/c1-31-23-7-9-24(10-8-23)32-14-4-5-22(29)17-21(19-28-12-2-3-13-28)27(30)20-6-11-25-26(18-20)34-16-15-33-25/h6-11,18,21,27,30H,2-5,12-17,19H2,1H3/t21-,27-/m1/s1. The largest absolute Gasteiger partial charge is 0.497 e. The zero-order valence-corrected chi connectivity index (χ0v) is 19.9. The molecule has 0 amide bonds. The van der Waals surface area contributed by atoms with E-state index in [1.165, 1.54) is 12.8 Å². The number of Topliss-reactive ketones (excluding diaryl/α,β-unsaturated/α-hetero) is 1. The van der Waals surface area contributed by atoms with E-state index >= 15 is 0 Å². The highest BCUT2D eigenvalue weighted by atomic mass is 16.6.